The van der Waals surface area contributed by atoms with E-state index in [2.05, 4.69) is 5.32 Å². The summed E-state index contributed by atoms with van der Waals surface area (Å²) >= 11 is 0. The molecule has 8 heteroatoms. The average Bonchev–Trinajstić information content (AvgIpc) is 2.61. The van der Waals surface area contributed by atoms with E-state index in [1.54, 1.807) is 31.3 Å². The minimum absolute atomic E-state index is 0.0237. The summed E-state index contributed by atoms with van der Waals surface area (Å²) in [7, 11) is 1.55. The SMILES string of the molecule is CN(Cc1ccc(C(F)(F)F)cc1)C(=O)C[C@@H](NC(N)=O)c1ccccc1. The standard InChI is InChI=1S/C19H20F3N3O2/c1-25(12-13-7-9-15(10-8-13)19(20,21)22)17(26)11-16(24-18(23)27)14-5-3-2-4-6-14/h2-10,16H,11-12H2,1H3,(H3,23,24,27)/t16-/m1/s1. The van der Waals surface area contributed by atoms with Gasteiger partial charge in [0.1, 0.15) is 0 Å². The maximum atomic E-state index is 12.6. The third kappa shape index (κ3) is 6.02. The Morgan fingerprint density at radius 1 is 1.07 bits per heavy atom. The van der Waals surface area contributed by atoms with Crippen molar-refractivity contribution >= 4 is 11.9 Å². The smallest absolute Gasteiger partial charge is 0.352 e. The van der Waals surface area contributed by atoms with Crippen molar-refractivity contribution in [1.29, 1.82) is 0 Å². The van der Waals surface area contributed by atoms with Crippen molar-refractivity contribution in [2.75, 3.05) is 7.05 Å². The molecule has 2 rings (SSSR count). The van der Waals surface area contributed by atoms with Crippen molar-refractivity contribution in [1.82, 2.24) is 10.2 Å². The number of hydrogen-bond acceptors (Lipinski definition) is 2. The van der Waals surface area contributed by atoms with Crippen LogP contribution in [0.5, 0.6) is 0 Å². The Morgan fingerprint density at radius 2 is 1.67 bits per heavy atom. The van der Waals surface area contributed by atoms with Crippen molar-refractivity contribution in [2.45, 2.75) is 25.2 Å². The van der Waals surface area contributed by atoms with Crippen molar-refractivity contribution in [3.63, 3.8) is 0 Å². The fourth-order valence-corrected chi connectivity index (χ4v) is 2.60. The lowest BCUT2D eigenvalue weighted by molar-refractivity contribution is -0.137. The molecule has 0 saturated heterocycles. The second kappa shape index (κ2) is 8.57. The average molecular weight is 379 g/mol. The number of primary amides is 1. The van der Waals surface area contributed by atoms with Gasteiger partial charge in [-0.2, -0.15) is 13.2 Å². The summed E-state index contributed by atoms with van der Waals surface area (Å²) in [6.07, 6.45) is -4.42. The van der Waals surface area contributed by atoms with Gasteiger partial charge >= 0.3 is 12.2 Å². The van der Waals surface area contributed by atoms with Crippen LogP contribution in [0.3, 0.4) is 0 Å². The highest BCUT2D eigenvalue weighted by molar-refractivity contribution is 5.78. The van der Waals surface area contributed by atoms with Gasteiger partial charge in [0, 0.05) is 13.6 Å². The Bertz CT molecular complexity index is 777. The Morgan fingerprint density at radius 3 is 2.19 bits per heavy atom. The number of alkyl halides is 3. The van der Waals surface area contributed by atoms with E-state index in [9.17, 15) is 22.8 Å². The number of nitrogens with zero attached hydrogens (tertiary/aromatic N) is 1. The van der Waals surface area contributed by atoms with Crippen LogP contribution in [0.1, 0.15) is 29.2 Å². The van der Waals surface area contributed by atoms with E-state index in [4.69, 9.17) is 5.73 Å². The number of carbonyl (C=O) groups excluding carboxylic acids is 2. The third-order valence-corrected chi connectivity index (χ3v) is 4.02. The number of nitrogens with two attached hydrogens (primary N) is 1. The van der Waals surface area contributed by atoms with E-state index in [0.29, 0.717) is 5.56 Å². The van der Waals surface area contributed by atoms with Crippen LogP contribution in [-0.4, -0.2) is 23.9 Å². The van der Waals surface area contributed by atoms with Crippen LogP contribution in [0.15, 0.2) is 54.6 Å². The molecule has 1 atom stereocenters. The maximum Gasteiger partial charge on any atom is 0.416 e. The molecule has 0 heterocycles. The molecule has 5 nitrogen and oxygen atoms in total. The van der Waals surface area contributed by atoms with E-state index >= 15 is 0 Å². The molecule has 0 spiro atoms. The zero-order valence-electron chi connectivity index (χ0n) is 14.7. The Kier molecular flexibility index (Phi) is 6.44. The molecule has 0 fully saturated rings. The first-order valence-corrected chi connectivity index (χ1v) is 8.18. The van der Waals surface area contributed by atoms with Crippen LogP contribution >= 0.6 is 0 Å². The maximum absolute atomic E-state index is 12.6. The molecule has 2 aromatic carbocycles. The topological polar surface area (TPSA) is 75.4 Å². The van der Waals surface area contributed by atoms with E-state index in [1.165, 1.54) is 17.0 Å². The predicted molar refractivity (Wildman–Crippen MR) is 94.4 cm³/mol. The Balaban J connectivity index is 2.03. The van der Waals surface area contributed by atoms with Crippen molar-refractivity contribution < 1.29 is 22.8 Å². The zero-order valence-corrected chi connectivity index (χ0v) is 14.7. The van der Waals surface area contributed by atoms with E-state index < -0.39 is 23.8 Å². The number of amides is 3. The molecule has 144 valence electrons. The van der Waals surface area contributed by atoms with Crippen LogP contribution in [0, 0.1) is 0 Å². The van der Waals surface area contributed by atoms with Crippen LogP contribution in [0.2, 0.25) is 0 Å². The summed E-state index contributed by atoms with van der Waals surface area (Å²) < 4.78 is 37.8. The van der Waals surface area contributed by atoms with Gasteiger partial charge in [0.05, 0.1) is 18.0 Å². The quantitative estimate of drug-likeness (QED) is 0.807. The van der Waals surface area contributed by atoms with Gasteiger partial charge in [-0.3, -0.25) is 4.79 Å². The predicted octanol–water partition coefficient (Wildman–Crippen LogP) is 3.46. The Hall–Kier alpha value is -3.03. The summed E-state index contributed by atoms with van der Waals surface area (Å²) in [4.78, 5) is 25.1. The number of hydrogen-bond donors (Lipinski definition) is 2. The summed E-state index contributed by atoms with van der Waals surface area (Å²) in [6.45, 7) is 0.148. The molecule has 27 heavy (non-hydrogen) atoms. The third-order valence-electron chi connectivity index (χ3n) is 4.02. The molecule has 2 aromatic rings. The van der Waals surface area contributed by atoms with Crippen molar-refractivity contribution in [2.24, 2.45) is 5.73 Å². The van der Waals surface area contributed by atoms with Gasteiger partial charge in [0.15, 0.2) is 0 Å². The molecular weight excluding hydrogens is 359 g/mol. The summed E-state index contributed by atoms with van der Waals surface area (Å²) in [5.74, 6) is -0.280. The highest BCUT2D eigenvalue weighted by Crippen LogP contribution is 2.29. The molecule has 0 aliphatic carbocycles. The van der Waals surface area contributed by atoms with Crippen LogP contribution in [0.25, 0.3) is 0 Å². The zero-order chi connectivity index (χ0) is 20.0. The number of urea groups is 1. The van der Waals surface area contributed by atoms with Crippen LogP contribution in [-0.2, 0) is 17.5 Å². The number of halogens is 3. The first-order valence-electron chi connectivity index (χ1n) is 8.18. The second-order valence-electron chi connectivity index (χ2n) is 6.12. The fraction of sp³-hybridized carbons (Fsp3) is 0.263. The monoisotopic (exact) mass is 379 g/mol. The van der Waals surface area contributed by atoms with Gasteiger partial charge in [-0.25, -0.2) is 4.79 Å². The van der Waals surface area contributed by atoms with Gasteiger partial charge in [-0.05, 0) is 23.3 Å². The highest BCUT2D eigenvalue weighted by atomic mass is 19.4. The molecule has 0 aromatic heterocycles. The molecule has 0 bridgehead atoms. The number of nitrogens with one attached hydrogen (secondary N) is 1. The lowest BCUT2D eigenvalue weighted by Gasteiger charge is -2.22. The molecule has 0 aliphatic rings. The first kappa shape index (κ1) is 20.3. The minimum atomic E-state index is -4.40. The normalized spacial score (nSPS) is 12.3. The molecule has 0 aliphatic heterocycles. The second-order valence-corrected chi connectivity index (χ2v) is 6.12. The molecular formula is C19H20F3N3O2. The van der Waals surface area contributed by atoms with Gasteiger partial charge in [-0.1, -0.05) is 42.5 Å². The Labute approximate surface area is 155 Å². The number of carbonyl (C=O) groups is 2. The molecule has 3 N–H and O–H groups in total. The number of rotatable bonds is 6. The summed E-state index contributed by atoms with van der Waals surface area (Å²) in [6, 6.07) is 12.2. The van der Waals surface area contributed by atoms with Crippen molar-refractivity contribution in [3.05, 3.63) is 71.3 Å². The van der Waals surface area contributed by atoms with E-state index in [0.717, 1.165) is 17.7 Å². The largest absolute Gasteiger partial charge is 0.416 e. The van der Waals surface area contributed by atoms with Gasteiger partial charge in [0.25, 0.3) is 0 Å². The molecule has 3 amide bonds. The summed E-state index contributed by atoms with van der Waals surface area (Å²) in [5, 5.41) is 2.54. The fourth-order valence-electron chi connectivity index (χ4n) is 2.60. The minimum Gasteiger partial charge on any atom is -0.352 e. The lowest BCUT2D eigenvalue weighted by atomic mass is 10.0. The van der Waals surface area contributed by atoms with Gasteiger partial charge in [-0.15, -0.1) is 0 Å². The van der Waals surface area contributed by atoms with Crippen molar-refractivity contribution in [3.8, 4) is 0 Å². The first-order chi connectivity index (χ1) is 12.7. The highest BCUT2D eigenvalue weighted by Gasteiger charge is 2.30. The van der Waals surface area contributed by atoms with Gasteiger partial charge < -0.3 is 16.0 Å². The molecule has 0 unspecified atom stereocenters. The lowest BCUT2D eigenvalue weighted by Crippen LogP contribution is -2.37. The number of benzene rings is 2. The van der Waals surface area contributed by atoms with Crippen LogP contribution < -0.4 is 11.1 Å². The van der Waals surface area contributed by atoms with Crippen LogP contribution in [0.4, 0.5) is 18.0 Å². The molecule has 0 saturated carbocycles. The van der Waals surface area contributed by atoms with Gasteiger partial charge in [0.2, 0.25) is 5.91 Å². The molecule has 0 radical (unpaired) electrons. The summed E-state index contributed by atoms with van der Waals surface area (Å²) in [5.41, 5.74) is 5.74. The van der Waals surface area contributed by atoms with E-state index in [1.807, 2.05) is 6.07 Å². The van der Waals surface area contributed by atoms with E-state index in [-0.39, 0.29) is 18.9 Å².